The van der Waals surface area contributed by atoms with Gasteiger partial charge in [-0.1, -0.05) is 19.6 Å². The maximum atomic E-state index is 7.45. The van der Waals surface area contributed by atoms with Crippen molar-refractivity contribution in [3.05, 3.63) is 40.8 Å². The molecule has 1 aliphatic carbocycles. The molecule has 0 radical (unpaired) electrons. The molecule has 0 aliphatic heterocycles. The molecule has 2 aromatic heterocycles. The Bertz CT molecular complexity index is 858. The minimum Gasteiger partial charge on any atom is -0.361 e. The number of ether oxygens (including phenoxy) is 1. The standard InChI is InChI=1S/C20H29N5OSi/c1-15-17(12-20(21-3)7-8-20)11-18(13-22-15)19-24-23-16(2)25(19)14-26-9-10-27(4,5)6/h11,13H,7-10,12,14H2,1-2,4-6H3. The molecular formula is C20H29N5OSi. The van der Waals surface area contributed by atoms with E-state index in [1.165, 1.54) is 0 Å². The van der Waals surface area contributed by atoms with Crippen molar-refractivity contribution < 1.29 is 4.74 Å². The Morgan fingerprint density at radius 3 is 2.63 bits per heavy atom. The number of aromatic nitrogens is 4. The molecule has 3 rings (SSSR count). The van der Waals surface area contributed by atoms with Gasteiger partial charge < -0.3 is 9.58 Å². The van der Waals surface area contributed by atoms with E-state index in [1.807, 2.05) is 24.6 Å². The van der Waals surface area contributed by atoms with Crippen LogP contribution in [0.1, 0.15) is 29.9 Å². The summed E-state index contributed by atoms with van der Waals surface area (Å²) in [5.74, 6) is 1.61. The van der Waals surface area contributed by atoms with Crippen molar-refractivity contribution in [2.24, 2.45) is 0 Å². The topological polar surface area (TPSA) is 57.2 Å². The van der Waals surface area contributed by atoms with Gasteiger partial charge in [-0.3, -0.25) is 9.55 Å². The van der Waals surface area contributed by atoms with Gasteiger partial charge in [0.1, 0.15) is 12.6 Å². The summed E-state index contributed by atoms with van der Waals surface area (Å²) in [4.78, 5) is 8.40. The van der Waals surface area contributed by atoms with E-state index in [0.29, 0.717) is 6.73 Å². The molecule has 0 spiro atoms. The molecule has 2 heterocycles. The first-order chi connectivity index (χ1) is 12.7. The fourth-order valence-electron chi connectivity index (χ4n) is 2.99. The summed E-state index contributed by atoms with van der Waals surface area (Å²) >= 11 is 0. The highest BCUT2D eigenvalue weighted by Gasteiger charge is 2.50. The third-order valence-electron chi connectivity index (χ3n) is 5.19. The van der Waals surface area contributed by atoms with E-state index in [-0.39, 0.29) is 5.54 Å². The second kappa shape index (κ2) is 7.53. The molecule has 1 aliphatic rings. The first-order valence-electron chi connectivity index (χ1n) is 9.55. The highest BCUT2D eigenvalue weighted by atomic mass is 28.3. The number of pyridine rings is 1. The van der Waals surface area contributed by atoms with E-state index >= 15 is 0 Å². The van der Waals surface area contributed by atoms with Crippen LogP contribution < -0.4 is 0 Å². The molecule has 6 nitrogen and oxygen atoms in total. The molecule has 1 saturated carbocycles. The zero-order chi connectivity index (χ0) is 19.7. The molecule has 1 fully saturated rings. The molecule has 0 amide bonds. The highest BCUT2D eigenvalue weighted by Crippen LogP contribution is 2.43. The minimum absolute atomic E-state index is 0.200. The van der Waals surface area contributed by atoms with Crippen LogP contribution in [0.3, 0.4) is 0 Å². The first kappa shape index (κ1) is 19.7. The van der Waals surface area contributed by atoms with Gasteiger partial charge in [0.15, 0.2) is 5.82 Å². The third kappa shape index (κ3) is 4.82. The maximum absolute atomic E-state index is 7.45. The normalized spacial score (nSPS) is 15.6. The largest absolute Gasteiger partial charge is 0.361 e. The Labute approximate surface area is 162 Å². The number of rotatable bonds is 8. The number of hydrogen-bond donors (Lipinski definition) is 0. The van der Waals surface area contributed by atoms with Gasteiger partial charge in [0.05, 0.1) is 6.42 Å². The van der Waals surface area contributed by atoms with E-state index in [1.54, 1.807) is 0 Å². The lowest BCUT2D eigenvalue weighted by Gasteiger charge is -2.16. The highest BCUT2D eigenvalue weighted by molar-refractivity contribution is 6.76. The molecule has 27 heavy (non-hydrogen) atoms. The van der Waals surface area contributed by atoms with E-state index in [4.69, 9.17) is 11.3 Å². The molecule has 0 atom stereocenters. The average molecular weight is 384 g/mol. The van der Waals surface area contributed by atoms with Gasteiger partial charge in [-0.15, -0.1) is 10.2 Å². The van der Waals surface area contributed by atoms with Crippen LogP contribution in [-0.4, -0.2) is 40.0 Å². The summed E-state index contributed by atoms with van der Waals surface area (Å²) < 4.78 is 7.92. The lowest BCUT2D eigenvalue weighted by molar-refractivity contribution is 0.0867. The Morgan fingerprint density at radius 2 is 2.00 bits per heavy atom. The van der Waals surface area contributed by atoms with Crippen molar-refractivity contribution in [1.82, 2.24) is 19.7 Å². The van der Waals surface area contributed by atoms with Crippen LogP contribution >= 0.6 is 0 Å². The molecule has 0 N–H and O–H groups in total. The van der Waals surface area contributed by atoms with Crippen molar-refractivity contribution in [2.75, 3.05) is 6.61 Å². The smallest absolute Gasteiger partial charge is 0.237 e. The molecule has 0 saturated heterocycles. The zero-order valence-electron chi connectivity index (χ0n) is 17.0. The molecule has 2 aromatic rings. The Morgan fingerprint density at radius 1 is 1.26 bits per heavy atom. The van der Waals surface area contributed by atoms with Crippen molar-refractivity contribution >= 4 is 8.07 Å². The predicted octanol–water partition coefficient (Wildman–Crippen LogP) is 4.26. The van der Waals surface area contributed by atoms with E-state index in [0.717, 1.165) is 60.4 Å². The van der Waals surface area contributed by atoms with Crippen molar-refractivity contribution in [3.8, 4) is 11.4 Å². The summed E-state index contributed by atoms with van der Waals surface area (Å²) in [6.07, 6.45) is 4.59. The van der Waals surface area contributed by atoms with Crippen LogP contribution in [0.15, 0.2) is 12.3 Å². The Kier molecular flexibility index (Phi) is 5.49. The lowest BCUT2D eigenvalue weighted by atomic mass is 10.0. The average Bonchev–Trinajstić information content (AvgIpc) is 3.29. The number of hydrogen-bond acceptors (Lipinski definition) is 4. The number of aryl methyl sites for hydroxylation is 2. The first-order valence-corrected chi connectivity index (χ1v) is 13.3. The van der Waals surface area contributed by atoms with Gasteiger partial charge in [-0.2, -0.15) is 0 Å². The summed E-state index contributed by atoms with van der Waals surface area (Å²) in [5, 5.41) is 8.60. The fraction of sp³-hybridized carbons (Fsp3) is 0.600. The second-order valence-corrected chi connectivity index (χ2v) is 14.4. The molecule has 0 unspecified atom stereocenters. The van der Waals surface area contributed by atoms with Crippen molar-refractivity contribution in [2.45, 2.75) is 71.1 Å². The maximum Gasteiger partial charge on any atom is 0.237 e. The Balaban J connectivity index is 1.78. The van der Waals surface area contributed by atoms with Crippen LogP contribution in [0.4, 0.5) is 0 Å². The van der Waals surface area contributed by atoms with E-state index in [9.17, 15) is 0 Å². The van der Waals surface area contributed by atoms with E-state index < -0.39 is 8.07 Å². The van der Waals surface area contributed by atoms with Crippen LogP contribution in [0.25, 0.3) is 16.2 Å². The second-order valence-electron chi connectivity index (χ2n) is 8.83. The SMILES string of the molecule is [C-]#[N+]C1(Cc2cc(-c3nnc(C)n3COCC[Si](C)(C)C)cnc2C)CC1. The van der Waals surface area contributed by atoms with E-state index in [2.05, 4.69) is 45.7 Å². The monoisotopic (exact) mass is 383 g/mol. The van der Waals surface area contributed by atoms with Crippen LogP contribution in [-0.2, 0) is 17.9 Å². The Hall–Kier alpha value is -2.04. The molecule has 144 valence electrons. The fourth-order valence-corrected chi connectivity index (χ4v) is 3.75. The predicted molar refractivity (Wildman–Crippen MR) is 109 cm³/mol. The zero-order valence-corrected chi connectivity index (χ0v) is 18.0. The van der Waals surface area contributed by atoms with Gasteiger partial charge in [0.25, 0.3) is 0 Å². The van der Waals surface area contributed by atoms with Crippen molar-refractivity contribution in [3.63, 3.8) is 0 Å². The summed E-state index contributed by atoms with van der Waals surface area (Å²) in [6, 6.07) is 3.26. The lowest BCUT2D eigenvalue weighted by Crippen LogP contribution is -2.22. The van der Waals surface area contributed by atoms with Gasteiger partial charge in [-0.05, 0) is 31.5 Å². The van der Waals surface area contributed by atoms with Crippen LogP contribution in [0, 0.1) is 20.4 Å². The van der Waals surface area contributed by atoms with Gasteiger partial charge in [-0.25, -0.2) is 6.57 Å². The van der Waals surface area contributed by atoms with Gasteiger partial charge in [0, 0.05) is 45.0 Å². The van der Waals surface area contributed by atoms with Crippen LogP contribution in [0.2, 0.25) is 25.7 Å². The molecular weight excluding hydrogens is 354 g/mol. The summed E-state index contributed by atoms with van der Waals surface area (Å²) in [6.45, 7) is 19.7. The third-order valence-corrected chi connectivity index (χ3v) is 6.89. The quantitative estimate of drug-likeness (QED) is 0.388. The minimum atomic E-state index is -1.10. The van der Waals surface area contributed by atoms with Crippen molar-refractivity contribution in [1.29, 1.82) is 0 Å². The van der Waals surface area contributed by atoms with Gasteiger partial charge >= 0.3 is 0 Å². The van der Waals surface area contributed by atoms with Gasteiger partial charge in [0.2, 0.25) is 5.54 Å². The van der Waals surface area contributed by atoms with Crippen LogP contribution in [0.5, 0.6) is 0 Å². The summed E-state index contributed by atoms with van der Waals surface area (Å²) in [7, 11) is -1.10. The molecule has 0 bridgehead atoms. The number of nitrogens with zero attached hydrogens (tertiary/aromatic N) is 5. The summed E-state index contributed by atoms with van der Waals surface area (Å²) in [5.41, 5.74) is 2.86. The molecule has 7 heteroatoms. The molecule has 0 aromatic carbocycles.